The van der Waals surface area contributed by atoms with Gasteiger partial charge in [-0.2, -0.15) is 0 Å². The van der Waals surface area contributed by atoms with Crippen LogP contribution in [0.3, 0.4) is 0 Å². The molecule has 0 aromatic carbocycles. The maximum absolute atomic E-state index is 11.6. The van der Waals surface area contributed by atoms with E-state index in [1.54, 1.807) is 7.05 Å². The molecule has 0 atom stereocenters. The zero-order valence-corrected chi connectivity index (χ0v) is 9.71. The lowest BCUT2D eigenvalue weighted by Crippen LogP contribution is -2.55. The Labute approximate surface area is 95.6 Å². The van der Waals surface area contributed by atoms with E-state index in [9.17, 15) is 14.7 Å². The van der Waals surface area contributed by atoms with Gasteiger partial charge in [0.25, 0.3) is 0 Å². The number of amides is 1. The molecule has 1 aliphatic rings. The molecule has 92 valence electrons. The van der Waals surface area contributed by atoms with Crippen molar-refractivity contribution in [3.63, 3.8) is 0 Å². The van der Waals surface area contributed by atoms with Crippen molar-refractivity contribution in [3.05, 3.63) is 0 Å². The predicted molar refractivity (Wildman–Crippen MR) is 60.1 cm³/mol. The van der Waals surface area contributed by atoms with Gasteiger partial charge in [-0.15, -0.1) is 0 Å². The van der Waals surface area contributed by atoms with Crippen LogP contribution in [-0.4, -0.2) is 36.1 Å². The molecular formula is C11H20N2O3. The molecule has 0 aromatic heterocycles. The largest absolute Gasteiger partial charge is 0.480 e. The molecule has 0 aromatic rings. The number of hydrogen-bond donors (Lipinski definition) is 3. The minimum absolute atomic E-state index is 0.182. The van der Waals surface area contributed by atoms with Gasteiger partial charge in [-0.25, -0.2) is 4.79 Å². The number of carboxylic acids is 1. The number of carbonyl (C=O) groups excluding carboxylic acids is 1. The molecule has 0 heterocycles. The average Bonchev–Trinajstić information content (AvgIpc) is 2.27. The van der Waals surface area contributed by atoms with Crippen molar-refractivity contribution >= 4 is 11.9 Å². The van der Waals surface area contributed by atoms with Crippen LogP contribution in [0.2, 0.25) is 0 Å². The molecule has 1 aliphatic carbocycles. The highest BCUT2D eigenvalue weighted by atomic mass is 16.4. The third-order valence-corrected chi connectivity index (χ3v) is 3.10. The minimum atomic E-state index is -1.01. The summed E-state index contributed by atoms with van der Waals surface area (Å²) in [5, 5.41) is 14.8. The molecule has 1 saturated carbocycles. The second-order valence-electron chi connectivity index (χ2n) is 4.35. The van der Waals surface area contributed by atoms with Gasteiger partial charge in [0.1, 0.15) is 5.54 Å². The van der Waals surface area contributed by atoms with Gasteiger partial charge in [0.2, 0.25) is 5.91 Å². The van der Waals surface area contributed by atoms with Gasteiger partial charge in [-0.05, 0) is 19.9 Å². The number of rotatable bonds is 5. The summed E-state index contributed by atoms with van der Waals surface area (Å²) < 4.78 is 0. The first-order valence-electron chi connectivity index (χ1n) is 5.80. The van der Waals surface area contributed by atoms with E-state index < -0.39 is 11.5 Å². The van der Waals surface area contributed by atoms with Crippen LogP contribution in [0.25, 0.3) is 0 Å². The van der Waals surface area contributed by atoms with Gasteiger partial charge < -0.3 is 15.7 Å². The summed E-state index contributed by atoms with van der Waals surface area (Å²) >= 11 is 0. The number of carbonyl (C=O) groups is 2. The van der Waals surface area contributed by atoms with Crippen LogP contribution < -0.4 is 10.6 Å². The van der Waals surface area contributed by atoms with E-state index in [0.29, 0.717) is 25.8 Å². The highest BCUT2D eigenvalue weighted by Crippen LogP contribution is 2.28. The van der Waals surface area contributed by atoms with Crippen LogP contribution in [-0.2, 0) is 9.59 Å². The molecule has 16 heavy (non-hydrogen) atoms. The molecule has 0 saturated heterocycles. The summed E-state index contributed by atoms with van der Waals surface area (Å²) in [5.74, 6) is -1.08. The fraction of sp³-hybridized carbons (Fsp3) is 0.818. The van der Waals surface area contributed by atoms with Crippen LogP contribution in [0.1, 0.15) is 38.5 Å². The molecule has 3 N–H and O–H groups in total. The Morgan fingerprint density at radius 3 is 2.38 bits per heavy atom. The fourth-order valence-electron chi connectivity index (χ4n) is 2.12. The third-order valence-electron chi connectivity index (χ3n) is 3.10. The van der Waals surface area contributed by atoms with Crippen LogP contribution in [0.4, 0.5) is 0 Å². The Bertz CT molecular complexity index is 260. The van der Waals surface area contributed by atoms with Crippen molar-refractivity contribution in [2.75, 3.05) is 13.6 Å². The van der Waals surface area contributed by atoms with Crippen LogP contribution in [0.15, 0.2) is 0 Å². The van der Waals surface area contributed by atoms with Gasteiger partial charge in [-0.3, -0.25) is 4.79 Å². The van der Waals surface area contributed by atoms with Gasteiger partial charge in [-0.1, -0.05) is 19.3 Å². The average molecular weight is 228 g/mol. The quantitative estimate of drug-likeness (QED) is 0.640. The van der Waals surface area contributed by atoms with Gasteiger partial charge >= 0.3 is 5.97 Å². The first kappa shape index (κ1) is 13.0. The van der Waals surface area contributed by atoms with E-state index in [4.69, 9.17) is 0 Å². The Hall–Kier alpha value is -1.10. The first-order chi connectivity index (χ1) is 7.60. The maximum atomic E-state index is 11.6. The summed E-state index contributed by atoms with van der Waals surface area (Å²) in [6, 6.07) is 0. The van der Waals surface area contributed by atoms with Gasteiger partial charge in [0.15, 0.2) is 0 Å². The topological polar surface area (TPSA) is 78.4 Å². The Balaban J connectivity index is 2.56. The summed E-state index contributed by atoms with van der Waals surface area (Å²) in [6.07, 6.45) is 4.23. The molecule has 0 radical (unpaired) electrons. The van der Waals surface area contributed by atoms with Gasteiger partial charge in [0.05, 0.1) is 0 Å². The lowest BCUT2D eigenvalue weighted by Gasteiger charge is -2.34. The van der Waals surface area contributed by atoms with Crippen molar-refractivity contribution in [2.45, 2.75) is 44.1 Å². The van der Waals surface area contributed by atoms with E-state index >= 15 is 0 Å². The summed E-state index contributed by atoms with van der Waals surface area (Å²) in [5.41, 5.74) is -1.01. The second kappa shape index (κ2) is 5.84. The SMILES string of the molecule is CNCCC(=O)NC1(C(=O)O)CCCCC1. The second-order valence-corrected chi connectivity index (χ2v) is 4.35. The maximum Gasteiger partial charge on any atom is 0.329 e. The Morgan fingerprint density at radius 1 is 1.25 bits per heavy atom. The van der Waals surface area contributed by atoms with Crippen molar-refractivity contribution in [3.8, 4) is 0 Å². The smallest absolute Gasteiger partial charge is 0.329 e. The van der Waals surface area contributed by atoms with Crippen LogP contribution in [0.5, 0.6) is 0 Å². The first-order valence-corrected chi connectivity index (χ1v) is 5.80. The van der Waals surface area contributed by atoms with E-state index in [1.165, 1.54) is 0 Å². The molecule has 0 unspecified atom stereocenters. The fourth-order valence-corrected chi connectivity index (χ4v) is 2.12. The molecule has 5 nitrogen and oxygen atoms in total. The van der Waals surface area contributed by atoms with E-state index in [1.807, 2.05) is 0 Å². The number of aliphatic carboxylic acids is 1. The van der Waals surface area contributed by atoms with Crippen molar-refractivity contribution in [1.82, 2.24) is 10.6 Å². The predicted octanol–water partition coefficient (Wildman–Crippen LogP) is 0.500. The molecule has 0 aliphatic heterocycles. The minimum Gasteiger partial charge on any atom is -0.480 e. The van der Waals surface area contributed by atoms with Crippen LogP contribution in [0, 0.1) is 0 Å². The summed E-state index contributed by atoms with van der Waals surface area (Å²) in [4.78, 5) is 22.8. The normalized spacial score (nSPS) is 19.1. The molecule has 1 amide bonds. The summed E-state index contributed by atoms with van der Waals surface area (Å²) in [6.45, 7) is 0.571. The number of hydrogen-bond acceptors (Lipinski definition) is 3. The summed E-state index contributed by atoms with van der Waals surface area (Å²) in [7, 11) is 1.76. The third kappa shape index (κ3) is 3.20. The van der Waals surface area contributed by atoms with Crippen molar-refractivity contribution in [1.29, 1.82) is 0 Å². The Morgan fingerprint density at radius 2 is 1.88 bits per heavy atom. The lowest BCUT2D eigenvalue weighted by molar-refractivity contribution is -0.149. The molecule has 0 spiro atoms. The molecule has 5 heteroatoms. The lowest BCUT2D eigenvalue weighted by atomic mass is 9.81. The molecular weight excluding hydrogens is 208 g/mol. The molecule has 1 rings (SSSR count). The van der Waals surface area contributed by atoms with Crippen molar-refractivity contribution < 1.29 is 14.7 Å². The highest BCUT2D eigenvalue weighted by Gasteiger charge is 2.40. The monoisotopic (exact) mass is 228 g/mol. The number of carboxylic acid groups (broad SMARTS) is 1. The molecule has 1 fully saturated rings. The number of nitrogens with one attached hydrogen (secondary N) is 2. The Kier molecular flexibility index (Phi) is 4.73. The zero-order chi connectivity index (χ0) is 12.0. The van der Waals surface area contributed by atoms with E-state index in [2.05, 4.69) is 10.6 Å². The zero-order valence-electron chi connectivity index (χ0n) is 9.71. The van der Waals surface area contributed by atoms with Crippen molar-refractivity contribution in [2.24, 2.45) is 0 Å². The highest BCUT2D eigenvalue weighted by molar-refractivity contribution is 5.87. The molecule has 0 bridgehead atoms. The van der Waals surface area contributed by atoms with Gasteiger partial charge in [0, 0.05) is 13.0 Å². The van der Waals surface area contributed by atoms with Crippen LogP contribution >= 0.6 is 0 Å². The van der Waals surface area contributed by atoms with E-state index in [0.717, 1.165) is 19.3 Å². The van der Waals surface area contributed by atoms with E-state index in [-0.39, 0.29) is 5.91 Å². The standard InChI is InChI=1S/C11H20N2O3/c1-12-8-5-9(14)13-11(10(15)16)6-3-2-4-7-11/h12H,2-8H2,1H3,(H,13,14)(H,15,16).